The van der Waals surface area contributed by atoms with E-state index in [-0.39, 0.29) is 0 Å². The van der Waals surface area contributed by atoms with Crippen LogP contribution in [0.15, 0.2) is 30.9 Å². The van der Waals surface area contributed by atoms with Gasteiger partial charge in [0.2, 0.25) is 0 Å². The van der Waals surface area contributed by atoms with Crippen LogP contribution in [0.4, 0.5) is 0 Å². The van der Waals surface area contributed by atoms with Crippen LogP contribution in [0, 0.1) is 0 Å². The van der Waals surface area contributed by atoms with Gasteiger partial charge in [0, 0.05) is 0 Å². The van der Waals surface area contributed by atoms with E-state index in [1.807, 2.05) is 25.1 Å². The number of rotatable bonds is 4. The van der Waals surface area contributed by atoms with Gasteiger partial charge in [-0.2, -0.15) is 0 Å². The number of hydrogen-bond donors (Lipinski definition) is 0. The van der Waals surface area contributed by atoms with E-state index in [2.05, 4.69) is 25.6 Å². The highest BCUT2D eigenvalue weighted by molar-refractivity contribution is 5.74. The summed E-state index contributed by atoms with van der Waals surface area (Å²) >= 11 is 0. The summed E-state index contributed by atoms with van der Waals surface area (Å²) < 4.78 is 5.22. The standard InChI is InChI=1S/C14H18O/c1-5-7-12-8-9-13(15-4)10-14(12)11(3)6-2/h5,7-10H,3,6H2,1-2,4H3/b7-5+. The molecule has 0 saturated heterocycles. The first-order valence-corrected chi connectivity index (χ1v) is 5.21. The van der Waals surface area contributed by atoms with Crippen LogP contribution >= 0.6 is 0 Å². The molecule has 0 bridgehead atoms. The quantitative estimate of drug-likeness (QED) is 0.712. The maximum atomic E-state index is 5.22. The molecule has 1 aromatic rings. The van der Waals surface area contributed by atoms with Crippen molar-refractivity contribution >= 4 is 11.6 Å². The average Bonchev–Trinajstić information content (AvgIpc) is 2.29. The molecule has 1 nitrogen and oxygen atoms in total. The predicted octanol–water partition coefficient (Wildman–Crippen LogP) is 4.15. The molecule has 15 heavy (non-hydrogen) atoms. The summed E-state index contributed by atoms with van der Waals surface area (Å²) in [6.45, 7) is 8.20. The fourth-order valence-electron chi connectivity index (χ4n) is 1.48. The Morgan fingerprint density at radius 3 is 2.73 bits per heavy atom. The Hall–Kier alpha value is -1.50. The lowest BCUT2D eigenvalue weighted by atomic mass is 9.98. The third-order valence-corrected chi connectivity index (χ3v) is 2.41. The van der Waals surface area contributed by atoms with Crippen molar-refractivity contribution in [3.63, 3.8) is 0 Å². The van der Waals surface area contributed by atoms with E-state index in [4.69, 9.17) is 4.74 Å². The number of ether oxygens (including phenoxy) is 1. The van der Waals surface area contributed by atoms with Crippen molar-refractivity contribution in [3.05, 3.63) is 42.0 Å². The lowest BCUT2D eigenvalue weighted by Gasteiger charge is -2.10. The summed E-state index contributed by atoms with van der Waals surface area (Å²) in [5.41, 5.74) is 3.52. The molecule has 0 heterocycles. The predicted molar refractivity (Wildman–Crippen MR) is 67.0 cm³/mol. The number of benzene rings is 1. The smallest absolute Gasteiger partial charge is 0.119 e. The Morgan fingerprint density at radius 2 is 2.20 bits per heavy atom. The largest absolute Gasteiger partial charge is 0.497 e. The van der Waals surface area contributed by atoms with E-state index < -0.39 is 0 Å². The van der Waals surface area contributed by atoms with Crippen LogP contribution in [0.25, 0.3) is 11.6 Å². The molecular weight excluding hydrogens is 184 g/mol. The maximum Gasteiger partial charge on any atom is 0.119 e. The van der Waals surface area contributed by atoms with Gasteiger partial charge in [0.05, 0.1) is 7.11 Å². The van der Waals surface area contributed by atoms with E-state index in [1.165, 1.54) is 11.1 Å². The van der Waals surface area contributed by atoms with Crippen molar-refractivity contribution in [1.82, 2.24) is 0 Å². The average molecular weight is 202 g/mol. The fraction of sp³-hybridized carbons (Fsp3) is 0.286. The Morgan fingerprint density at radius 1 is 1.47 bits per heavy atom. The van der Waals surface area contributed by atoms with Gasteiger partial charge in [0.1, 0.15) is 5.75 Å². The normalized spacial score (nSPS) is 10.6. The molecule has 0 aliphatic heterocycles. The Kier molecular flexibility index (Phi) is 4.17. The number of methoxy groups -OCH3 is 1. The van der Waals surface area contributed by atoms with E-state index in [0.717, 1.165) is 17.7 Å². The monoisotopic (exact) mass is 202 g/mol. The second-order valence-corrected chi connectivity index (χ2v) is 3.41. The topological polar surface area (TPSA) is 9.23 Å². The van der Waals surface area contributed by atoms with Gasteiger partial charge < -0.3 is 4.74 Å². The zero-order valence-corrected chi connectivity index (χ0v) is 9.71. The van der Waals surface area contributed by atoms with Crippen molar-refractivity contribution in [2.24, 2.45) is 0 Å². The van der Waals surface area contributed by atoms with Crippen molar-refractivity contribution in [1.29, 1.82) is 0 Å². The Labute approximate surface area is 92.1 Å². The van der Waals surface area contributed by atoms with Gasteiger partial charge in [-0.3, -0.25) is 0 Å². The third kappa shape index (κ3) is 2.72. The first kappa shape index (κ1) is 11.6. The highest BCUT2D eigenvalue weighted by Gasteiger charge is 2.04. The lowest BCUT2D eigenvalue weighted by molar-refractivity contribution is 0.414. The second-order valence-electron chi connectivity index (χ2n) is 3.41. The molecule has 0 radical (unpaired) electrons. The van der Waals surface area contributed by atoms with E-state index in [0.29, 0.717) is 0 Å². The molecule has 0 spiro atoms. The highest BCUT2D eigenvalue weighted by atomic mass is 16.5. The van der Waals surface area contributed by atoms with Gasteiger partial charge >= 0.3 is 0 Å². The zero-order chi connectivity index (χ0) is 11.3. The van der Waals surface area contributed by atoms with Crippen molar-refractivity contribution < 1.29 is 4.74 Å². The molecule has 0 fully saturated rings. The summed E-state index contributed by atoms with van der Waals surface area (Å²) in [5.74, 6) is 0.882. The first-order chi connectivity index (χ1) is 7.22. The lowest BCUT2D eigenvalue weighted by Crippen LogP contribution is -1.90. The zero-order valence-electron chi connectivity index (χ0n) is 9.71. The number of allylic oxidation sites excluding steroid dienone is 2. The van der Waals surface area contributed by atoms with Crippen LogP contribution in [-0.2, 0) is 0 Å². The Balaban J connectivity index is 3.22. The molecule has 1 rings (SSSR count). The second kappa shape index (κ2) is 5.40. The summed E-state index contributed by atoms with van der Waals surface area (Å²) in [7, 11) is 1.68. The minimum atomic E-state index is 0.882. The molecule has 0 N–H and O–H groups in total. The van der Waals surface area contributed by atoms with Crippen molar-refractivity contribution in [3.8, 4) is 5.75 Å². The SMILES string of the molecule is C=C(CC)c1cc(OC)ccc1/C=C/C. The molecule has 0 aliphatic rings. The van der Waals surface area contributed by atoms with E-state index >= 15 is 0 Å². The van der Waals surface area contributed by atoms with Crippen LogP contribution in [0.3, 0.4) is 0 Å². The molecule has 1 heteroatoms. The molecule has 0 aromatic heterocycles. The van der Waals surface area contributed by atoms with E-state index in [1.54, 1.807) is 7.11 Å². The van der Waals surface area contributed by atoms with Crippen molar-refractivity contribution in [2.45, 2.75) is 20.3 Å². The van der Waals surface area contributed by atoms with Gasteiger partial charge in [-0.05, 0) is 42.2 Å². The van der Waals surface area contributed by atoms with Crippen LogP contribution in [-0.4, -0.2) is 7.11 Å². The number of hydrogen-bond acceptors (Lipinski definition) is 1. The molecular formula is C14H18O. The van der Waals surface area contributed by atoms with Crippen LogP contribution < -0.4 is 4.74 Å². The summed E-state index contributed by atoms with van der Waals surface area (Å²) in [4.78, 5) is 0. The maximum absolute atomic E-state index is 5.22. The van der Waals surface area contributed by atoms with Crippen LogP contribution in [0.2, 0.25) is 0 Å². The van der Waals surface area contributed by atoms with Gasteiger partial charge in [-0.15, -0.1) is 0 Å². The molecule has 1 aromatic carbocycles. The minimum absolute atomic E-state index is 0.882. The molecule has 0 saturated carbocycles. The summed E-state index contributed by atoms with van der Waals surface area (Å²) in [5, 5.41) is 0. The molecule has 80 valence electrons. The summed E-state index contributed by atoms with van der Waals surface area (Å²) in [6.07, 6.45) is 5.08. The summed E-state index contributed by atoms with van der Waals surface area (Å²) in [6, 6.07) is 6.08. The van der Waals surface area contributed by atoms with Crippen LogP contribution in [0.1, 0.15) is 31.4 Å². The van der Waals surface area contributed by atoms with Gasteiger partial charge in [0.25, 0.3) is 0 Å². The molecule has 0 unspecified atom stereocenters. The molecule has 0 atom stereocenters. The third-order valence-electron chi connectivity index (χ3n) is 2.41. The fourth-order valence-corrected chi connectivity index (χ4v) is 1.48. The molecule has 0 aliphatic carbocycles. The molecule has 0 amide bonds. The Bertz CT molecular complexity index is 375. The van der Waals surface area contributed by atoms with Crippen LogP contribution in [0.5, 0.6) is 5.75 Å². The van der Waals surface area contributed by atoms with Gasteiger partial charge in [-0.1, -0.05) is 31.7 Å². The van der Waals surface area contributed by atoms with Gasteiger partial charge in [-0.25, -0.2) is 0 Å². The van der Waals surface area contributed by atoms with Gasteiger partial charge in [0.15, 0.2) is 0 Å². The van der Waals surface area contributed by atoms with E-state index in [9.17, 15) is 0 Å². The first-order valence-electron chi connectivity index (χ1n) is 5.21. The highest BCUT2D eigenvalue weighted by Crippen LogP contribution is 2.26. The van der Waals surface area contributed by atoms with Crippen molar-refractivity contribution in [2.75, 3.05) is 7.11 Å². The minimum Gasteiger partial charge on any atom is -0.497 e.